The van der Waals surface area contributed by atoms with Crippen LogP contribution in [0.3, 0.4) is 0 Å². The first-order valence-corrected chi connectivity index (χ1v) is 8.45. The van der Waals surface area contributed by atoms with Gasteiger partial charge in [-0.3, -0.25) is 4.99 Å². The van der Waals surface area contributed by atoms with E-state index in [0.29, 0.717) is 12.1 Å². The molecule has 20 heavy (non-hydrogen) atoms. The van der Waals surface area contributed by atoms with Crippen molar-refractivity contribution in [3.8, 4) is 0 Å². The number of nitrogens with zero attached hydrogens (tertiary/aromatic N) is 2. The summed E-state index contributed by atoms with van der Waals surface area (Å²) in [6.07, 6.45) is 0. The highest BCUT2D eigenvalue weighted by Gasteiger charge is 2.21. The van der Waals surface area contributed by atoms with E-state index in [0.717, 1.165) is 30.6 Å². The van der Waals surface area contributed by atoms with Gasteiger partial charge in [0.05, 0.1) is 6.04 Å². The van der Waals surface area contributed by atoms with Gasteiger partial charge in [0.2, 0.25) is 0 Å². The number of hydrogen-bond donors (Lipinski definition) is 1. The van der Waals surface area contributed by atoms with Gasteiger partial charge < -0.3 is 10.2 Å². The molecule has 2 unspecified atom stereocenters. The first-order valence-electron chi connectivity index (χ1n) is 7.47. The zero-order valence-corrected chi connectivity index (χ0v) is 13.5. The second kappa shape index (κ2) is 7.70. The summed E-state index contributed by atoms with van der Waals surface area (Å²) in [6, 6.07) is 11.3. The minimum Gasteiger partial charge on any atom is -0.361 e. The van der Waals surface area contributed by atoms with Crippen LogP contribution in [0.1, 0.15) is 32.4 Å². The van der Waals surface area contributed by atoms with Crippen LogP contribution < -0.4 is 5.32 Å². The van der Waals surface area contributed by atoms with Gasteiger partial charge >= 0.3 is 0 Å². The Bertz CT molecular complexity index is 429. The topological polar surface area (TPSA) is 27.6 Å². The van der Waals surface area contributed by atoms with E-state index in [2.05, 4.69) is 61.3 Å². The molecule has 0 amide bonds. The molecule has 0 aromatic heterocycles. The molecule has 110 valence electrons. The summed E-state index contributed by atoms with van der Waals surface area (Å²) in [7, 11) is 0. The predicted octanol–water partition coefficient (Wildman–Crippen LogP) is 3.15. The lowest BCUT2D eigenvalue weighted by Crippen LogP contribution is -2.40. The highest BCUT2D eigenvalue weighted by Crippen LogP contribution is 2.29. The van der Waals surface area contributed by atoms with Crippen LogP contribution in [0.25, 0.3) is 0 Å². The Morgan fingerprint density at radius 3 is 2.65 bits per heavy atom. The zero-order chi connectivity index (χ0) is 14.4. The van der Waals surface area contributed by atoms with Crippen molar-refractivity contribution in [1.29, 1.82) is 0 Å². The third-order valence-electron chi connectivity index (χ3n) is 3.63. The van der Waals surface area contributed by atoms with Gasteiger partial charge in [0, 0.05) is 18.3 Å². The predicted molar refractivity (Wildman–Crippen MR) is 89.5 cm³/mol. The van der Waals surface area contributed by atoms with Crippen molar-refractivity contribution in [1.82, 2.24) is 10.2 Å². The molecule has 0 saturated heterocycles. The molecule has 1 heterocycles. The number of likely N-dealkylation sites (N-methyl/N-ethyl adjacent to an activating group) is 1. The molecule has 0 spiro atoms. The van der Waals surface area contributed by atoms with E-state index in [1.54, 1.807) is 0 Å². The Hall–Kier alpha value is -1.00. The average molecular weight is 291 g/mol. The van der Waals surface area contributed by atoms with Crippen LogP contribution in [0.4, 0.5) is 0 Å². The summed E-state index contributed by atoms with van der Waals surface area (Å²) in [5.74, 6) is 1.05. The van der Waals surface area contributed by atoms with E-state index >= 15 is 0 Å². The molecule has 0 saturated carbocycles. The lowest BCUT2D eigenvalue weighted by atomic mass is 10.1. The molecule has 2 rings (SSSR count). The Labute approximate surface area is 126 Å². The van der Waals surface area contributed by atoms with Crippen LogP contribution in [-0.2, 0) is 0 Å². The molecule has 3 nitrogen and oxygen atoms in total. The first-order chi connectivity index (χ1) is 9.72. The van der Waals surface area contributed by atoms with E-state index < -0.39 is 0 Å². The van der Waals surface area contributed by atoms with Crippen LogP contribution in [-0.4, -0.2) is 41.5 Å². The Morgan fingerprint density at radius 2 is 2.00 bits per heavy atom. The molecule has 1 aliphatic rings. The number of rotatable bonds is 6. The number of thioether (sulfide) groups is 1. The van der Waals surface area contributed by atoms with Gasteiger partial charge in [0.25, 0.3) is 0 Å². The Balaban J connectivity index is 1.88. The smallest absolute Gasteiger partial charge is 0.157 e. The molecule has 0 fully saturated rings. The van der Waals surface area contributed by atoms with Gasteiger partial charge in [-0.15, -0.1) is 0 Å². The van der Waals surface area contributed by atoms with E-state index in [4.69, 9.17) is 4.99 Å². The fraction of sp³-hybridized carbons (Fsp3) is 0.562. The number of nitrogens with one attached hydrogen (secondary N) is 1. The summed E-state index contributed by atoms with van der Waals surface area (Å²) in [5.41, 5.74) is 1.31. The minimum atomic E-state index is 0.310. The third-order valence-corrected chi connectivity index (χ3v) is 4.61. The molecule has 0 aliphatic carbocycles. The summed E-state index contributed by atoms with van der Waals surface area (Å²) >= 11 is 1.84. The van der Waals surface area contributed by atoms with Gasteiger partial charge in [0.1, 0.15) is 0 Å². The van der Waals surface area contributed by atoms with Gasteiger partial charge in [-0.1, -0.05) is 55.9 Å². The van der Waals surface area contributed by atoms with Crippen molar-refractivity contribution >= 4 is 16.9 Å². The molecule has 4 heteroatoms. The van der Waals surface area contributed by atoms with Crippen LogP contribution in [0.2, 0.25) is 0 Å². The lowest BCUT2D eigenvalue weighted by molar-refractivity contribution is 0.282. The van der Waals surface area contributed by atoms with Crippen molar-refractivity contribution in [2.24, 2.45) is 4.99 Å². The monoisotopic (exact) mass is 291 g/mol. The van der Waals surface area contributed by atoms with Crippen molar-refractivity contribution in [3.63, 3.8) is 0 Å². The Morgan fingerprint density at radius 1 is 1.30 bits per heavy atom. The second-order valence-corrected chi connectivity index (χ2v) is 6.21. The number of hydrogen-bond acceptors (Lipinski definition) is 4. The molecular formula is C16H25N3S. The van der Waals surface area contributed by atoms with E-state index in [-0.39, 0.29) is 0 Å². The van der Waals surface area contributed by atoms with E-state index in [1.165, 1.54) is 5.56 Å². The first kappa shape index (κ1) is 15.4. The minimum absolute atomic E-state index is 0.310. The molecule has 0 bridgehead atoms. The standard InChI is InChI=1S/C16H25N3S/c1-4-19(5-2)11-13(3)17-16-18-15(12-20-16)14-9-7-6-8-10-14/h6-10,13,15H,4-5,11-12H2,1-3H3,(H,17,18). The maximum Gasteiger partial charge on any atom is 0.157 e. The molecule has 1 N–H and O–H groups in total. The molecule has 2 atom stereocenters. The summed E-state index contributed by atoms with van der Waals surface area (Å²) in [4.78, 5) is 7.24. The lowest BCUT2D eigenvalue weighted by Gasteiger charge is -2.23. The van der Waals surface area contributed by atoms with Crippen LogP contribution in [0, 0.1) is 0 Å². The Kier molecular flexibility index (Phi) is 5.92. The van der Waals surface area contributed by atoms with E-state index in [9.17, 15) is 0 Å². The quantitative estimate of drug-likeness (QED) is 0.872. The summed E-state index contributed by atoms with van der Waals surface area (Å²) in [5, 5.41) is 4.64. The maximum atomic E-state index is 4.81. The van der Waals surface area contributed by atoms with Crippen molar-refractivity contribution in [3.05, 3.63) is 35.9 Å². The largest absolute Gasteiger partial charge is 0.361 e. The molecular weight excluding hydrogens is 266 g/mol. The fourth-order valence-electron chi connectivity index (χ4n) is 2.42. The summed E-state index contributed by atoms with van der Waals surface area (Å²) in [6.45, 7) is 9.94. The van der Waals surface area contributed by atoms with Crippen LogP contribution in [0.5, 0.6) is 0 Å². The third kappa shape index (κ3) is 4.25. The van der Waals surface area contributed by atoms with Crippen molar-refractivity contribution < 1.29 is 0 Å². The molecule has 1 aliphatic heterocycles. The van der Waals surface area contributed by atoms with Gasteiger partial charge in [-0.05, 0) is 25.6 Å². The normalized spacial score (nSPS) is 20.0. The average Bonchev–Trinajstić information content (AvgIpc) is 2.94. The van der Waals surface area contributed by atoms with Crippen LogP contribution in [0.15, 0.2) is 35.3 Å². The molecule has 1 aromatic rings. The van der Waals surface area contributed by atoms with Gasteiger partial charge in [-0.2, -0.15) is 0 Å². The zero-order valence-electron chi connectivity index (χ0n) is 12.7. The highest BCUT2D eigenvalue weighted by atomic mass is 32.2. The SMILES string of the molecule is CCN(CC)CC(C)NC1=NC(c2ccccc2)CS1. The molecule has 0 radical (unpaired) electrons. The van der Waals surface area contributed by atoms with Crippen molar-refractivity contribution in [2.75, 3.05) is 25.4 Å². The van der Waals surface area contributed by atoms with E-state index in [1.807, 2.05) is 11.8 Å². The second-order valence-electron chi connectivity index (χ2n) is 5.20. The van der Waals surface area contributed by atoms with Crippen molar-refractivity contribution in [2.45, 2.75) is 32.9 Å². The molecule has 1 aromatic carbocycles. The van der Waals surface area contributed by atoms with Gasteiger partial charge in [0.15, 0.2) is 5.17 Å². The maximum absolute atomic E-state index is 4.81. The fourth-order valence-corrected chi connectivity index (χ4v) is 3.49. The number of amidine groups is 1. The number of aliphatic imine (C=N–C) groups is 1. The highest BCUT2D eigenvalue weighted by molar-refractivity contribution is 8.14. The van der Waals surface area contributed by atoms with Gasteiger partial charge in [-0.25, -0.2) is 0 Å². The van der Waals surface area contributed by atoms with Crippen LogP contribution >= 0.6 is 11.8 Å². The number of benzene rings is 1. The summed E-state index contributed by atoms with van der Waals surface area (Å²) < 4.78 is 0.